The van der Waals surface area contributed by atoms with E-state index in [1.165, 1.54) is 11.1 Å². The Morgan fingerprint density at radius 3 is 2.44 bits per heavy atom. The second-order valence-corrected chi connectivity index (χ2v) is 7.26. The predicted octanol–water partition coefficient (Wildman–Crippen LogP) is 4.24. The summed E-state index contributed by atoms with van der Waals surface area (Å²) in [5.74, 6) is 0.165. The minimum Gasteiger partial charge on any atom is -0.312 e. The molecule has 96 valence electrons. The number of halogens is 1. The molecule has 2 heteroatoms. The Hall–Kier alpha value is -0.860. The van der Waals surface area contributed by atoms with Gasteiger partial charge < -0.3 is 5.73 Å². The van der Waals surface area contributed by atoms with E-state index in [9.17, 15) is 0 Å². The second-order valence-electron chi connectivity index (χ2n) is 5.89. The van der Waals surface area contributed by atoms with Crippen LogP contribution in [0.5, 0.6) is 0 Å². The summed E-state index contributed by atoms with van der Waals surface area (Å²) in [4.78, 5) is 0. The van der Waals surface area contributed by atoms with E-state index < -0.39 is 4.45 Å². The Balaban J connectivity index is 2.52. The highest BCUT2D eigenvalue weighted by Gasteiger charge is 2.33. The Labute approximate surface area is 118 Å². The van der Waals surface area contributed by atoms with Gasteiger partial charge in [-0.2, -0.15) is 0 Å². The molecule has 0 spiro atoms. The number of rotatable bonds is 1. The van der Waals surface area contributed by atoms with Crippen LogP contribution in [0.3, 0.4) is 0 Å². The van der Waals surface area contributed by atoms with Crippen molar-refractivity contribution in [2.75, 3.05) is 0 Å². The fraction of sp³-hybridized carbons (Fsp3) is 0.375. The average molecular weight is 306 g/mol. The van der Waals surface area contributed by atoms with Crippen LogP contribution in [0.2, 0.25) is 0 Å². The van der Waals surface area contributed by atoms with E-state index in [0.717, 1.165) is 0 Å². The van der Waals surface area contributed by atoms with Gasteiger partial charge in [0.05, 0.1) is 0 Å². The molecule has 2 unspecified atom stereocenters. The maximum Gasteiger partial charge on any atom is 0.101 e. The molecule has 1 aliphatic carbocycles. The number of hydrogen-bond acceptors (Lipinski definition) is 1. The number of allylic oxidation sites excluding steroid dienone is 2. The largest absolute Gasteiger partial charge is 0.312 e. The molecular weight excluding hydrogens is 286 g/mol. The third kappa shape index (κ3) is 2.60. The summed E-state index contributed by atoms with van der Waals surface area (Å²) in [6.07, 6.45) is 8.23. The average Bonchev–Trinajstić information content (AvgIpc) is 2.27. The standard InChI is InChI=1S/C16H20BrN/c1-15(2,3)13-9-5-4-8-12(13)14-10-6-7-11-16(14,17)18/h4-11,14H,18H2,1-3H3. The Kier molecular flexibility index (Phi) is 3.52. The third-order valence-corrected chi connectivity index (χ3v) is 4.10. The Bertz CT molecular complexity index is 492. The quantitative estimate of drug-likeness (QED) is 0.609. The molecule has 0 heterocycles. The second kappa shape index (κ2) is 4.67. The van der Waals surface area contributed by atoms with Gasteiger partial charge in [-0.3, -0.25) is 0 Å². The van der Waals surface area contributed by atoms with Crippen molar-refractivity contribution in [3.05, 3.63) is 59.7 Å². The minimum atomic E-state index is -0.497. The van der Waals surface area contributed by atoms with Gasteiger partial charge in [0.15, 0.2) is 0 Å². The van der Waals surface area contributed by atoms with Crippen molar-refractivity contribution < 1.29 is 0 Å². The lowest BCUT2D eigenvalue weighted by Crippen LogP contribution is -2.38. The molecule has 2 N–H and O–H groups in total. The smallest absolute Gasteiger partial charge is 0.101 e. The summed E-state index contributed by atoms with van der Waals surface area (Å²) >= 11 is 3.64. The van der Waals surface area contributed by atoms with Crippen LogP contribution in [0, 0.1) is 0 Å². The molecular formula is C16H20BrN. The monoisotopic (exact) mass is 305 g/mol. The highest BCUT2D eigenvalue weighted by atomic mass is 79.9. The Morgan fingerprint density at radius 2 is 1.83 bits per heavy atom. The van der Waals surface area contributed by atoms with Crippen LogP contribution in [0.4, 0.5) is 0 Å². The zero-order valence-electron chi connectivity index (χ0n) is 11.2. The van der Waals surface area contributed by atoms with Gasteiger partial charge in [-0.05, 0) is 16.5 Å². The fourth-order valence-corrected chi connectivity index (χ4v) is 2.97. The summed E-state index contributed by atoms with van der Waals surface area (Å²) in [7, 11) is 0. The van der Waals surface area contributed by atoms with E-state index in [2.05, 4.69) is 73.1 Å². The van der Waals surface area contributed by atoms with Crippen molar-refractivity contribution in [2.45, 2.75) is 36.6 Å². The molecule has 1 aliphatic rings. The predicted molar refractivity (Wildman–Crippen MR) is 82.0 cm³/mol. The van der Waals surface area contributed by atoms with E-state index in [4.69, 9.17) is 5.73 Å². The molecule has 2 atom stereocenters. The molecule has 0 saturated carbocycles. The van der Waals surface area contributed by atoms with Crippen molar-refractivity contribution >= 4 is 15.9 Å². The maximum atomic E-state index is 6.34. The van der Waals surface area contributed by atoms with Gasteiger partial charge in [0, 0.05) is 5.92 Å². The van der Waals surface area contributed by atoms with Crippen LogP contribution in [0.1, 0.15) is 37.8 Å². The minimum absolute atomic E-state index is 0.120. The molecule has 0 aromatic heterocycles. The molecule has 0 amide bonds. The maximum absolute atomic E-state index is 6.34. The molecule has 1 nitrogen and oxygen atoms in total. The molecule has 0 saturated heterocycles. The lowest BCUT2D eigenvalue weighted by molar-refractivity contribution is 0.566. The summed E-state index contributed by atoms with van der Waals surface area (Å²) in [6.45, 7) is 6.71. The lowest BCUT2D eigenvalue weighted by atomic mass is 9.77. The van der Waals surface area contributed by atoms with Crippen molar-refractivity contribution in [3.8, 4) is 0 Å². The number of alkyl halides is 1. The molecule has 0 bridgehead atoms. The van der Waals surface area contributed by atoms with Crippen molar-refractivity contribution in [2.24, 2.45) is 5.73 Å². The first-order valence-electron chi connectivity index (χ1n) is 6.25. The van der Waals surface area contributed by atoms with Gasteiger partial charge in [-0.25, -0.2) is 0 Å². The summed E-state index contributed by atoms with van der Waals surface area (Å²) < 4.78 is -0.497. The highest BCUT2D eigenvalue weighted by molar-refractivity contribution is 9.10. The van der Waals surface area contributed by atoms with Crippen LogP contribution in [-0.4, -0.2) is 4.45 Å². The highest BCUT2D eigenvalue weighted by Crippen LogP contribution is 2.40. The molecule has 0 aliphatic heterocycles. The van der Waals surface area contributed by atoms with E-state index in [1.807, 2.05) is 12.2 Å². The fourth-order valence-electron chi connectivity index (χ4n) is 2.42. The van der Waals surface area contributed by atoms with Crippen LogP contribution >= 0.6 is 15.9 Å². The van der Waals surface area contributed by atoms with Crippen LogP contribution in [0.15, 0.2) is 48.6 Å². The topological polar surface area (TPSA) is 26.0 Å². The summed E-state index contributed by atoms with van der Waals surface area (Å²) in [5.41, 5.74) is 9.11. The lowest BCUT2D eigenvalue weighted by Gasteiger charge is -2.34. The zero-order valence-corrected chi connectivity index (χ0v) is 12.7. The van der Waals surface area contributed by atoms with Gasteiger partial charge in [-0.1, -0.05) is 85.3 Å². The first-order valence-corrected chi connectivity index (χ1v) is 7.05. The molecule has 0 fully saturated rings. The van der Waals surface area contributed by atoms with E-state index in [1.54, 1.807) is 0 Å². The summed E-state index contributed by atoms with van der Waals surface area (Å²) in [6, 6.07) is 8.56. The first kappa shape index (κ1) is 13.6. The molecule has 1 aromatic carbocycles. The van der Waals surface area contributed by atoms with Crippen molar-refractivity contribution in [1.29, 1.82) is 0 Å². The van der Waals surface area contributed by atoms with Gasteiger partial charge in [0.1, 0.15) is 4.45 Å². The van der Waals surface area contributed by atoms with Gasteiger partial charge in [0.2, 0.25) is 0 Å². The van der Waals surface area contributed by atoms with E-state index in [0.29, 0.717) is 0 Å². The van der Waals surface area contributed by atoms with Crippen LogP contribution in [-0.2, 0) is 5.41 Å². The molecule has 2 rings (SSSR count). The van der Waals surface area contributed by atoms with Crippen LogP contribution in [0.25, 0.3) is 0 Å². The van der Waals surface area contributed by atoms with Gasteiger partial charge in [-0.15, -0.1) is 0 Å². The third-order valence-electron chi connectivity index (χ3n) is 3.35. The molecule has 0 radical (unpaired) electrons. The number of nitrogens with two attached hydrogens (primary N) is 1. The molecule has 18 heavy (non-hydrogen) atoms. The first-order chi connectivity index (χ1) is 8.32. The number of benzene rings is 1. The zero-order chi connectivity index (χ0) is 13.4. The van der Waals surface area contributed by atoms with Crippen LogP contribution < -0.4 is 5.73 Å². The van der Waals surface area contributed by atoms with Gasteiger partial charge >= 0.3 is 0 Å². The van der Waals surface area contributed by atoms with E-state index >= 15 is 0 Å². The SMILES string of the molecule is CC(C)(C)c1ccccc1C1C=CC=CC1(N)Br. The molecule has 1 aromatic rings. The normalized spacial score (nSPS) is 27.5. The summed E-state index contributed by atoms with van der Waals surface area (Å²) in [5, 5.41) is 0. The number of hydrogen-bond donors (Lipinski definition) is 1. The van der Waals surface area contributed by atoms with Gasteiger partial charge in [0.25, 0.3) is 0 Å². The Morgan fingerprint density at radius 1 is 1.17 bits per heavy atom. The van der Waals surface area contributed by atoms with Crippen molar-refractivity contribution in [1.82, 2.24) is 0 Å². The van der Waals surface area contributed by atoms with Crippen molar-refractivity contribution in [3.63, 3.8) is 0 Å². The van der Waals surface area contributed by atoms with E-state index in [-0.39, 0.29) is 11.3 Å².